The van der Waals surface area contributed by atoms with Crippen molar-refractivity contribution < 1.29 is 37.9 Å². The molecule has 1 aliphatic carbocycles. The standard InChI is InChI=1S/C47H60FN5O7/c1-4-5-6-7-8-9-10-11-12-13-14-43(56)51-39-22-17-35(18-23-39)19-26-42(55)49-30-33(2)52(31-36-15-20-38(48)21-16-36)44(57)32-53-45(58)47(60-46(53)59)28-27-37-29-40(50-34(3)54)24-25-41(37)47/h15-18,20-25,29,33H,4-14,19,26-28,30-32H2,1-3H3,(H,49,55)(H,50,54)(H,51,56)/t33-,47+/m0/s1. The number of unbranched alkanes of at least 4 members (excludes halogenated alkanes) is 9. The van der Waals surface area contributed by atoms with Crippen molar-refractivity contribution in [3.63, 3.8) is 0 Å². The number of amides is 6. The maximum atomic E-state index is 14.0. The minimum atomic E-state index is -1.57. The Balaban J connectivity index is 1.09. The molecule has 0 unspecified atom stereocenters. The predicted molar refractivity (Wildman–Crippen MR) is 228 cm³/mol. The molecule has 13 heteroatoms. The molecule has 1 heterocycles. The Morgan fingerprint density at radius 3 is 2.10 bits per heavy atom. The topological polar surface area (TPSA) is 154 Å². The van der Waals surface area contributed by atoms with Crippen LogP contribution in [0.4, 0.5) is 20.6 Å². The van der Waals surface area contributed by atoms with Gasteiger partial charge in [-0.2, -0.15) is 0 Å². The maximum absolute atomic E-state index is 14.0. The van der Waals surface area contributed by atoms with E-state index in [9.17, 15) is 33.2 Å². The van der Waals surface area contributed by atoms with Gasteiger partial charge in [-0.1, -0.05) is 95.0 Å². The summed E-state index contributed by atoms with van der Waals surface area (Å²) >= 11 is 0. The third-order valence-electron chi connectivity index (χ3n) is 11.3. The number of nitrogens with one attached hydrogen (secondary N) is 3. The lowest BCUT2D eigenvalue weighted by Crippen LogP contribution is -2.50. The number of carbonyl (C=O) groups is 6. The van der Waals surface area contributed by atoms with Crippen LogP contribution in [-0.2, 0) is 53.7 Å². The van der Waals surface area contributed by atoms with Gasteiger partial charge in [-0.05, 0) is 79.3 Å². The summed E-state index contributed by atoms with van der Waals surface area (Å²) in [4.78, 5) is 80.3. The summed E-state index contributed by atoms with van der Waals surface area (Å²) in [6.07, 6.45) is 13.0. The molecule has 1 aliphatic heterocycles. The van der Waals surface area contributed by atoms with Gasteiger partial charge in [0.1, 0.15) is 12.4 Å². The number of anilines is 2. The zero-order valence-corrected chi connectivity index (χ0v) is 35.3. The van der Waals surface area contributed by atoms with Gasteiger partial charge < -0.3 is 25.6 Å². The largest absolute Gasteiger partial charge is 0.427 e. The summed E-state index contributed by atoms with van der Waals surface area (Å²) in [6.45, 7) is 4.90. The van der Waals surface area contributed by atoms with Crippen LogP contribution >= 0.6 is 0 Å². The molecule has 0 bridgehead atoms. The van der Waals surface area contributed by atoms with Gasteiger partial charge in [-0.3, -0.25) is 24.0 Å². The molecule has 322 valence electrons. The first-order valence-electron chi connectivity index (χ1n) is 21.5. The van der Waals surface area contributed by atoms with Crippen molar-refractivity contribution in [2.75, 3.05) is 23.7 Å². The number of hydrogen-bond donors (Lipinski definition) is 3. The molecule has 3 aromatic carbocycles. The SMILES string of the molecule is CCCCCCCCCCCCC(=O)Nc1ccc(CCC(=O)NC[C@H](C)N(Cc2ccc(F)cc2)C(=O)CN2C(=O)O[C@@]3(CCc4cc(NC(C)=O)ccc43)C2=O)cc1. The van der Waals surface area contributed by atoms with Gasteiger partial charge in [0.25, 0.3) is 5.91 Å². The highest BCUT2D eigenvalue weighted by Crippen LogP contribution is 2.46. The van der Waals surface area contributed by atoms with Gasteiger partial charge in [-0.15, -0.1) is 0 Å². The highest BCUT2D eigenvalue weighted by molar-refractivity contribution is 6.06. The number of hydrogen-bond acceptors (Lipinski definition) is 7. The van der Waals surface area contributed by atoms with Crippen molar-refractivity contribution in [2.45, 2.75) is 135 Å². The lowest BCUT2D eigenvalue weighted by atomic mass is 9.94. The first kappa shape index (κ1) is 45.5. The van der Waals surface area contributed by atoms with E-state index in [0.29, 0.717) is 41.8 Å². The van der Waals surface area contributed by atoms with E-state index < -0.39 is 41.9 Å². The molecule has 5 rings (SSSR count). The molecule has 60 heavy (non-hydrogen) atoms. The van der Waals surface area contributed by atoms with Gasteiger partial charge in [0.2, 0.25) is 29.2 Å². The molecule has 3 aromatic rings. The number of rotatable bonds is 23. The fraction of sp³-hybridized carbons (Fsp3) is 0.489. The minimum absolute atomic E-state index is 0.00233. The molecule has 6 amide bonds. The lowest BCUT2D eigenvalue weighted by molar-refractivity contribution is -0.143. The van der Waals surface area contributed by atoms with E-state index in [1.54, 1.807) is 37.3 Å². The molecule has 2 atom stereocenters. The number of halogens is 1. The monoisotopic (exact) mass is 825 g/mol. The zero-order valence-electron chi connectivity index (χ0n) is 35.3. The van der Waals surface area contributed by atoms with Crippen LogP contribution in [0.1, 0.15) is 126 Å². The number of fused-ring (bicyclic) bond motifs is 2. The summed E-state index contributed by atoms with van der Waals surface area (Å²) < 4.78 is 19.5. The Kier molecular flexibility index (Phi) is 16.8. The fourth-order valence-corrected chi connectivity index (χ4v) is 7.91. The highest BCUT2D eigenvalue weighted by Gasteiger charge is 2.58. The Bertz CT molecular complexity index is 1970. The van der Waals surface area contributed by atoms with E-state index in [-0.39, 0.29) is 43.7 Å². The molecule has 0 saturated carbocycles. The second kappa shape index (κ2) is 22.1. The molecular formula is C47H60FN5O7. The second-order valence-electron chi connectivity index (χ2n) is 16.1. The normalized spacial score (nSPS) is 16.0. The molecule has 0 aromatic heterocycles. The predicted octanol–water partition coefficient (Wildman–Crippen LogP) is 8.32. The van der Waals surface area contributed by atoms with Crippen LogP contribution in [0, 0.1) is 5.82 Å². The van der Waals surface area contributed by atoms with Crippen molar-refractivity contribution >= 4 is 47.0 Å². The number of aryl methyl sites for hydroxylation is 2. The number of ether oxygens (including phenoxy) is 1. The Morgan fingerprint density at radius 2 is 1.43 bits per heavy atom. The molecule has 3 N–H and O–H groups in total. The van der Waals surface area contributed by atoms with Gasteiger partial charge in [-0.25, -0.2) is 14.1 Å². The van der Waals surface area contributed by atoms with Gasteiger partial charge >= 0.3 is 6.09 Å². The Labute approximate surface area is 353 Å². The smallest absolute Gasteiger partial charge is 0.418 e. The van der Waals surface area contributed by atoms with Crippen LogP contribution < -0.4 is 16.0 Å². The van der Waals surface area contributed by atoms with E-state index in [2.05, 4.69) is 22.9 Å². The number of carbonyl (C=O) groups excluding carboxylic acids is 6. The van der Waals surface area contributed by atoms with Gasteiger partial charge in [0.15, 0.2) is 0 Å². The highest BCUT2D eigenvalue weighted by atomic mass is 19.1. The Hall–Kier alpha value is -5.59. The summed E-state index contributed by atoms with van der Waals surface area (Å²) in [6, 6.07) is 17.6. The van der Waals surface area contributed by atoms with E-state index in [4.69, 9.17) is 4.74 Å². The molecule has 1 saturated heterocycles. The van der Waals surface area contributed by atoms with E-state index in [1.165, 1.54) is 68.9 Å². The third-order valence-corrected chi connectivity index (χ3v) is 11.3. The molecule has 2 aliphatic rings. The summed E-state index contributed by atoms with van der Waals surface area (Å²) in [5.41, 5.74) is 2.53. The van der Waals surface area contributed by atoms with Crippen molar-refractivity contribution in [3.8, 4) is 0 Å². The van der Waals surface area contributed by atoms with Crippen LogP contribution in [0.25, 0.3) is 0 Å². The zero-order chi connectivity index (χ0) is 43.1. The van der Waals surface area contributed by atoms with Crippen molar-refractivity contribution in [2.24, 2.45) is 0 Å². The first-order chi connectivity index (χ1) is 28.9. The Morgan fingerprint density at radius 1 is 0.800 bits per heavy atom. The van der Waals surface area contributed by atoms with Crippen molar-refractivity contribution in [1.82, 2.24) is 15.1 Å². The number of imide groups is 1. The number of benzene rings is 3. The first-order valence-corrected chi connectivity index (χ1v) is 21.5. The molecular weight excluding hydrogens is 766 g/mol. The lowest BCUT2D eigenvalue weighted by Gasteiger charge is -2.31. The number of nitrogens with zero attached hydrogens (tertiary/aromatic N) is 2. The van der Waals surface area contributed by atoms with Crippen LogP contribution in [0.2, 0.25) is 0 Å². The summed E-state index contributed by atoms with van der Waals surface area (Å²) in [5, 5.41) is 8.57. The van der Waals surface area contributed by atoms with E-state index in [0.717, 1.165) is 35.3 Å². The van der Waals surface area contributed by atoms with E-state index >= 15 is 0 Å². The fourth-order valence-electron chi connectivity index (χ4n) is 7.91. The molecule has 12 nitrogen and oxygen atoms in total. The average Bonchev–Trinajstić information content (AvgIpc) is 3.70. The van der Waals surface area contributed by atoms with Gasteiger partial charge in [0.05, 0.1) is 0 Å². The quantitative estimate of drug-likeness (QED) is 0.0813. The minimum Gasteiger partial charge on any atom is -0.427 e. The molecule has 1 spiro atoms. The van der Waals surface area contributed by atoms with Crippen LogP contribution in [-0.4, -0.2) is 64.6 Å². The van der Waals surface area contributed by atoms with E-state index in [1.807, 2.05) is 24.3 Å². The molecule has 1 fully saturated rings. The van der Waals surface area contributed by atoms with Crippen LogP contribution in [0.15, 0.2) is 66.7 Å². The van der Waals surface area contributed by atoms with Gasteiger partial charge in [0, 0.05) is 62.3 Å². The third kappa shape index (κ3) is 12.7. The maximum Gasteiger partial charge on any atom is 0.418 e. The van der Waals surface area contributed by atoms with Crippen LogP contribution in [0.3, 0.4) is 0 Å². The molecule has 0 radical (unpaired) electrons. The second-order valence-corrected chi connectivity index (χ2v) is 16.1. The summed E-state index contributed by atoms with van der Waals surface area (Å²) in [5.74, 6) is -2.11. The van der Waals surface area contributed by atoms with Crippen molar-refractivity contribution in [3.05, 3.63) is 94.8 Å². The van der Waals surface area contributed by atoms with Crippen molar-refractivity contribution in [1.29, 1.82) is 0 Å². The summed E-state index contributed by atoms with van der Waals surface area (Å²) in [7, 11) is 0. The average molecular weight is 826 g/mol. The van der Waals surface area contributed by atoms with Crippen LogP contribution in [0.5, 0.6) is 0 Å².